The third kappa shape index (κ3) is 2.99. The van der Waals surface area contributed by atoms with Gasteiger partial charge in [-0.3, -0.25) is 0 Å². The van der Waals surface area contributed by atoms with Gasteiger partial charge in [-0.15, -0.1) is 0 Å². The molecule has 0 atom stereocenters. The Kier molecular flexibility index (Phi) is 2.17. The van der Waals surface area contributed by atoms with Gasteiger partial charge in [0.05, 0.1) is 13.2 Å². The van der Waals surface area contributed by atoms with E-state index in [0.29, 0.717) is 0 Å². The summed E-state index contributed by atoms with van der Waals surface area (Å²) in [5.74, 6) is -1.16. The van der Waals surface area contributed by atoms with Crippen LogP contribution in [-0.2, 0) is 19.1 Å². The number of epoxide rings is 1. The van der Waals surface area contributed by atoms with Crippen molar-refractivity contribution in [3.63, 3.8) is 0 Å². The van der Waals surface area contributed by atoms with Gasteiger partial charge in [-0.05, 0) is 0 Å². The molecule has 0 spiro atoms. The van der Waals surface area contributed by atoms with Crippen molar-refractivity contribution in [1.29, 1.82) is 0 Å². The first-order valence-corrected chi connectivity index (χ1v) is 2.80. The zero-order valence-electron chi connectivity index (χ0n) is 5.20. The van der Waals surface area contributed by atoms with E-state index in [4.69, 9.17) is 0 Å². The Labute approximate surface area is 57.4 Å². The molecule has 0 radical (unpaired) electrons. The Morgan fingerprint density at radius 3 is 1.60 bits per heavy atom. The highest BCUT2D eigenvalue weighted by molar-refractivity contribution is 6.04. The molecule has 0 aromatic heterocycles. The van der Waals surface area contributed by atoms with E-state index in [0.717, 1.165) is 25.4 Å². The Balaban J connectivity index is 0.000000138. The molecule has 0 aromatic carbocycles. The van der Waals surface area contributed by atoms with Crippen LogP contribution in [0.25, 0.3) is 0 Å². The monoisotopic (exact) mass is 142 g/mol. The maximum atomic E-state index is 9.92. The minimum absolute atomic E-state index is 0.579. The van der Waals surface area contributed by atoms with E-state index < -0.39 is 11.9 Å². The molecule has 0 unspecified atom stereocenters. The highest BCUT2D eigenvalue weighted by Gasteiger charge is 2.10. The van der Waals surface area contributed by atoms with Crippen molar-refractivity contribution in [3.05, 3.63) is 12.2 Å². The minimum Gasteiger partial charge on any atom is -0.387 e. The van der Waals surface area contributed by atoms with E-state index in [-0.39, 0.29) is 0 Å². The topological polar surface area (TPSA) is 55.9 Å². The van der Waals surface area contributed by atoms with E-state index in [1.165, 1.54) is 0 Å². The number of rotatable bonds is 0. The van der Waals surface area contributed by atoms with E-state index in [2.05, 4.69) is 9.47 Å². The predicted molar refractivity (Wildman–Crippen MR) is 31.1 cm³/mol. The summed E-state index contributed by atoms with van der Waals surface area (Å²) in [6.45, 7) is 2.00. The van der Waals surface area contributed by atoms with Crippen molar-refractivity contribution in [2.24, 2.45) is 0 Å². The highest BCUT2D eigenvalue weighted by Crippen LogP contribution is 1.92. The number of cyclic esters (lactones) is 2. The third-order valence-electron chi connectivity index (χ3n) is 0.761. The van der Waals surface area contributed by atoms with Gasteiger partial charge in [-0.25, -0.2) is 9.59 Å². The summed E-state index contributed by atoms with van der Waals surface area (Å²) in [6.07, 6.45) is 2.17. The Morgan fingerprint density at radius 1 is 1.10 bits per heavy atom. The van der Waals surface area contributed by atoms with Gasteiger partial charge in [0.2, 0.25) is 0 Å². The number of carbonyl (C=O) groups excluding carboxylic acids is 2. The van der Waals surface area contributed by atoms with Gasteiger partial charge < -0.3 is 9.47 Å². The van der Waals surface area contributed by atoms with Crippen LogP contribution in [0.15, 0.2) is 12.2 Å². The van der Waals surface area contributed by atoms with Gasteiger partial charge in [0, 0.05) is 12.2 Å². The van der Waals surface area contributed by atoms with Gasteiger partial charge in [0.1, 0.15) is 0 Å². The summed E-state index contributed by atoms with van der Waals surface area (Å²) in [4.78, 5) is 19.8. The van der Waals surface area contributed by atoms with E-state index in [1.807, 2.05) is 0 Å². The first-order chi connectivity index (χ1) is 4.79. The summed E-state index contributed by atoms with van der Waals surface area (Å²) in [7, 11) is 0. The molecule has 54 valence electrons. The van der Waals surface area contributed by atoms with Crippen LogP contribution in [0.3, 0.4) is 0 Å². The van der Waals surface area contributed by atoms with Crippen LogP contribution >= 0.6 is 0 Å². The molecule has 0 aromatic rings. The van der Waals surface area contributed by atoms with Gasteiger partial charge in [-0.2, -0.15) is 0 Å². The van der Waals surface area contributed by atoms with E-state index >= 15 is 0 Å². The van der Waals surface area contributed by atoms with Gasteiger partial charge in [0.25, 0.3) is 0 Å². The molecule has 0 aliphatic carbocycles. The van der Waals surface area contributed by atoms with Crippen molar-refractivity contribution in [3.8, 4) is 0 Å². The Hall–Kier alpha value is -1.16. The summed E-state index contributed by atoms with van der Waals surface area (Å²) in [5.41, 5.74) is 0. The third-order valence-corrected chi connectivity index (χ3v) is 0.761. The molecule has 1 fully saturated rings. The highest BCUT2D eigenvalue weighted by atomic mass is 16.6. The summed E-state index contributed by atoms with van der Waals surface area (Å²) < 4.78 is 8.47. The van der Waals surface area contributed by atoms with Gasteiger partial charge in [-0.1, -0.05) is 0 Å². The molecule has 0 saturated carbocycles. The molecule has 2 rings (SSSR count). The maximum absolute atomic E-state index is 9.92. The molecule has 0 bridgehead atoms. The lowest BCUT2D eigenvalue weighted by Crippen LogP contribution is -1.96. The molecule has 2 heterocycles. The lowest BCUT2D eigenvalue weighted by Gasteiger charge is -1.80. The lowest BCUT2D eigenvalue weighted by atomic mass is 10.6. The quantitative estimate of drug-likeness (QED) is 0.263. The second kappa shape index (κ2) is 3.12. The van der Waals surface area contributed by atoms with Crippen LogP contribution in [0, 0.1) is 0 Å². The minimum atomic E-state index is -0.579. The molecular formula is C6H6O4. The second-order valence-electron chi connectivity index (χ2n) is 1.69. The van der Waals surface area contributed by atoms with Crippen LogP contribution in [0.5, 0.6) is 0 Å². The fourth-order valence-electron chi connectivity index (χ4n) is 0.303. The molecule has 4 heteroatoms. The second-order valence-corrected chi connectivity index (χ2v) is 1.69. The molecule has 2 aliphatic rings. The number of ether oxygens (including phenoxy) is 2. The van der Waals surface area contributed by atoms with Crippen molar-refractivity contribution in [2.45, 2.75) is 0 Å². The first-order valence-electron chi connectivity index (χ1n) is 2.80. The molecule has 0 amide bonds. The van der Waals surface area contributed by atoms with Crippen molar-refractivity contribution < 1.29 is 19.1 Å². The number of hydrogen-bond acceptors (Lipinski definition) is 4. The molecule has 10 heavy (non-hydrogen) atoms. The van der Waals surface area contributed by atoms with Crippen LogP contribution in [0.1, 0.15) is 0 Å². The van der Waals surface area contributed by atoms with Crippen LogP contribution in [0.2, 0.25) is 0 Å². The number of carbonyl (C=O) groups is 2. The van der Waals surface area contributed by atoms with Crippen LogP contribution in [0.4, 0.5) is 0 Å². The first kappa shape index (κ1) is 6.95. The molecular weight excluding hydrogens is 136 g/mol. The summed E-state index contributed by atoms with van der Waals surface area (Å²) >= 11 is 0. The fraction of sp³-hybridized carbons (Fsp3) is 0.333. The van der Waals surface area contributed by atoms with Crippen molar-refractivity contribution >= 4 is 11.9 Å². The van der Waals surface area contributed by atoms with Gasteiger partial charge in [0.15, 0.2) is 0 Å². The average molecular weight is 142 g/mol. The molecule has 4 nitrogen and oxygen atoms in total. The van der Waals surface area contributed by atoms with Gasteiger partial charge >= 0.3 is 11.9 Å². The standard InChI is InChI=1S/C4H2O3.C2H4O/c5-3-1-2-4(6)7-3;1-2-3-1/h1-2H;1-2H2. The number of hydrogen-bond donors (Lipinski definition) is 0. The molecule has 2 aliphatic heterocycles. The smallest absolute Gasteiger partial charge is 0.338 e. The Morgan fingerprint density at radius 2 is 1.50 bits per heavy atom. The van der Waals surface area contributed by atoms with E-state index in [1.54, 1.807) is 0 Å². The zero-order valence-corrected chi connectivity index (χ0v) is 5.20. The number of esters is 2. The fourth-order valence-corrected chi connectivity index (χ4v) is 0.303. The molecule has 0 N–H and O–H groups in total. The maximum Gasteiger partial charge on any atom is 0.338 e. The Bertz CT molecular complexity index is 161. The SMILES string of the molecule is C1CO1.O=C1C=CC(=O)O1. The van der Waals surface area contributed by atoms with Crippen molar-refractivity contribution in [2.75, 3.05) is 13.2 Å². The summed E-state index contributed by atoms with van der Waals surface area (Å²) in [6, 6.07) is 0. The normalized spacial score (nSPS) is 19.6. The van der Waals surface area contributed by atoms with E-state index in [9.17, 15) is 9.59 Å². The largest absolute Gasteiger partial charge is 0.387 e. The van der Waals surface area contributed by atoms with Crippen LogP contribution < -0.4 is 0 Å². The lowest BCUT2D eigenvalue weighted by molar-refractivity contribution is -0.150. The average Bonchev–Trinajstić information content (AvgIpc) is 2.67. The van der Waals surface area contributed by atoms with Crippen LogP contribution in [-0.4, -0.2) is 25.2 Å². The molecule has 1 saturated heterocycles. The summed E-state index contributed by atoms with van der Waals surface area (Å²) in [5, 5.41) is 0. The van der Waals surface area contributed by atoms with Crippen molar-refractivity contribution in [1.82, 2.24) is 0 Å². The predicted octanol–water partition coefficient (Wildman–Crippen LogP) is -0.357. The zero-order chi connectivity index (χ0) is 7.40.